The van der Waals surface area contributed by atoms with Crippen molar-refractivity contribution in [2.75, 3.05) is 32.8 Å². The van der Waals surface area contributed by atoms with Crippen molar-refractivity contribution in [3.63, 3.8) is 0 Å². The maximum Gasteiger partial charge on any atom is 0.198 e. The van der Waals surface area contributed by atoms with E-state index in [-0.39, 0.29) is 6.61 Å². The van der Waals surface area contributed by atoms with Gasteiger partial charge in [-0.2, -0.15) is 0 Å². The third-order valence-corrected chi connectivity index (χ3v) is 4.18. The molecular formula is C16H31N2O+. The van der Waals surface area contributed by atoms with E-state index in [2.05, 4.69) is 31.0 Å². The first-order valence-corrected chi connectivity index (χ1v) is 7.95. The van der Waals surface area contributed by atoms with Crippen LogP contribution < -0.4 is 0 Å². The zero-order valence-electron chi connectivity index (χ0n) is 12.8. The van der Waals surface area contributed by atoms with E-state index in [4.69, 9.17) is 0 Å². The highest BCUT2D eigenvalue weighted by molar-refractivity contribution is 5.77. The molecule has 0 spiro atoms. The van der Waals surface area contributed by atoms with Gasteiger partial charge in [-0.3, -0.25) is 4.48 Å². The summed E-state index contributed by atoms with van der Waals surface area (Å²) in [6, 6.07) is 0. The summed E-state index contributed by atoms with van der Waals surface area (Å²) in [6.45, 7) is 8.60. The number of aliphatic imine (C=N–C) groups is 1. The third kappa shape index (κ3) is 5.07. The van der Waals surface area contributed by atoms with Gasteiger partial charge in [-0.25, -0.2) is 4.99 Å². The van der Waals surface area contributed by atoms with Crippen LogP contribution in [0.1, 0.15) is 52.4 Å². The van der Waals surface area contributed by atoms with Gasteiger partial charge in [-0.1, -0.05) is 31.9 Å². The molecule has 0 aromatic heterocycles. The van der Waals surface area contributed by atoms with Crippen LogP contribution in [0.5, 0.6) is 0 Å². The van der Waals surface area contributed by atoms with Gasteiger partial charge in [-0.15, -0.1) is 0 Å². The van der Waals surface area contributed by atoms with E-state index in [1.807, 2.05) is 0 Å². The Hall–Kier alpha value is -0.670. The predicted molar refractivity (Wildman–Crippen MR) is 82.4 cm³/mol. The van der Waals surface area contributed by atoms with E-state index in [1.54, 1.807) is 0 Å². The minimum atomic E-state index is 0.264. The van der Waals surface area contributed by atoms with Crippen LogP contribution in [-0.4, -0.2) is 48.2 Å². The fourth-order valence-corrected chi connectivity index (χ4v) is 2.86. The lowest BCUT2D eigenvalue weighted by atomic mass is 10.1. The lowest BCUT2D eigenvalue weighted by Crippen LogP contribution is -2.52. The molecule has 0 bridgehead atoms. The van der Waals surface area contributed by atoms with Gasteiger partial charge in [0.1, 0.15) is 13.1 Å². The molecule has 0 radical (unpaired) electrons. The summed E-state index contributed by atoms with van der Waals surface area (Å²) in [7, 11) is 0. The summed E-state index contributed by atoms with van der Waals surface area (Å²) >= 11 is 0. The molecule has 1 N–H and O–H groups in total. The lowest BCUT2D eigenvalue weighted by molar-refractivity contribution is -0.835. The largest absolute Gasteiger partial charge is 0.390 e. The van der Waals surface area contributed by atoms with Gasteiger partial charge in [-0.05, 0) is 26.2 Å². The number of rotatable bonds is 10. The highest BCUT2D eigenvalue weighted by Crippen LogP contribution is 2.18. The van der Waals surface area contributed by atoms with Crippen LogP contribution in [0.25, 0.3) is 0 Å². The molecule has 3 nitrogen and oxygen atoms in total. The van der Waals surface area contributed by atoms with Gasteiger partial charge in [0.15, 0.2) is 5.84 Å². The van der Waals surface area contributed by atoms with E-state index in [0.717, 1.165) is 43.5 Å². The molecule has 0 fully saturated rings. The monoisotopic (exact) mass is 267 g/mol. The van der Waals surface area contributed by atoms with Crippen molar-refractivity contribution in [1.29, 1.82) is 0 Å². The Balaban J connectivity index is 2.31. The molecule has 1 unspecified atom stereocenters. The van der Waals surface area contributed by atoms with Crippen molar-refractivity contribution in [3.8, 4) is 0 Å². The second-order valence-electron chi connectivity index (χ2n) is 5.44. The number of likely N-dealkylation sites (N-methyl/N-ethyl adjacent to an activating group) is 1. The minimum Gasteiger partial charge on any atom is -0.390 e. The Labute approximate surface area is 118 Å². The molecule has 110 valence electrons. The van der Waals surface area contributed by atoms with Crippen molar-refractivity contribution >= 4 is 5.84 Å². The van der Waals surface area contributed by atoms with Crippen LogP contribution in [-0.2, 0) is 0 Å². The molecule has 0 aromatic carbocycles. The van der Waals surface area contributed by atoms with Crippen LogP contribution in [0.3, 0.4) is 0 Å². The van der Waals surface area contributed by atoms with Crippen molar-refractivity contribution in [3.05, 3.63) is 12.2 Å². The van der Waals surface area contributed by atoms with Crippen LogP contribution in [0, 0.1) is 0 Å². The molecule has 3 heteroatoms. The lowest BCUT2D eigenvalue weighted by Gasteiger charge is -2.32. The first kappa shape index (κ1) is 16.4. The first-order chi connectivity index (χ1) is 9.29. The summed E-state index contributed by atoms with van der Waals surface area (Å²) in [6.07, 6.45) is 11.9. The Bertz CT molecular complexity index is 299. The number of aliphatic hydroxyl groups excluding tert-OH is 1. The van der Waals surface area contributed by atoms with Crippen LogP contribution in [0.2, 0.25) is 0 Å². The molecule has 0 aromatic rings. The fraction of sp³-hybridized carbons (Fsp3) is 0.812. The second kappa shape index (κ2) is 9.27. The molecule has 1 aliphatic rings. The predicted octanol–water partition coefficient (Wildman–Crippen LogP) is 3.14. The zero-order chi connectivity index (χ0) is 14.0. The van der Waals surface area contributed by atoms with E-state index in [9.17, 15) is 5.11 Å². The maximum absolute atomic E-state index is 9.25. The molecular weight excluding hydrogens is 236 g/mol. The topological polar surface area (TPSA) is 32.6 Å². The van der Waals surface area contributed by atoms with E-state index in [0.29, 0.717) is 0 Å². The standard InChI is InChI=1S/C16H31N2O/c1-3-5-6-7-8-9-10-11-16-17-12-13-18(16,4-2)14-15-19/h8-9,19H,3-7,10-15H2,1-2H3/q+1/b9-8+. The van der Waals surface area contributed by atoms with Crippen LogP contribution in [0.4, 0.5) is 0 Å². The average Bonchev–Trinajstić information content (AvgIpc) is 2.82. The highest BCUT2D eigenvalue weighted by Gasteiger charge is 2.35. The highest BCUT2D eigenvalue weighted by atomic mass is 16.3. The van der Waals surface area contributed by atoms with Gasteiger partial charge >= 0.3 is 0 Å². The number of hydrogen-bond acceptors (Lipinski definition) is 2. The molecule has 1 aliphatic heterocycles. The van der Waals surface area contributed by atoms with Crippen molar-refractivity contribution in [2.24, 2.45) is 4.99 Å². The quantitative estimate of drug-likeness (QED) is 0.368. The van der Waals surface area contributed by atoms with E-state index < -0.39 is 0 Å². The van der Waals surface area contributed by atoms with Gasteiger partial charge in [0.2, 0.25) is 0 Å². The Morgan fingerprint density at radius 2 is 2.00 bits per heavy atom. The Kier molecular flexibility index (Phi) is 7.99. The SMILES string of the molecule is CCCCC/C=C/CCC1=NCC[N+]1(CC)CCO. The smallest absolute Gasteiger partial charge is 0.198 e. The van der Waals surface area contributed by atoms with E-state index in [1.165, 1.54) is 31.5 Å². The molecule has 1 heterocycles. The molecule has 1 atom stereocenters. The number of quaternary nitrogens is 1. The third-order valence-electron chi connectivity index (χ3n) is 4.18. The Morgan fingerprint density at radius 1 is 1.21 bits per heavy atom. The fourth-order valence-electron chi connectivity index (χ4n) is 2.86. The average molecular weight is 267 g/mol. The second-order valence-corrected chi connectivity index (χ2v) is 5.44. The van der Waals surface area contributed by atoms with Crippen molar-refractivity contribution in [2.45, 2.75) is 52.4 Å². The normalized spacial score (nSPS) is 23.2. The maximum atomic E-state index is 9.25. The molecule has 0 amide bonds. The zero-order valence-corrected chi connectivity index (χ0v) is 12.8. The van der Waals surface area contributed by atoms with Gasteiger partial charge < -0.3 is 5.11 Å². The summed E-state index contributed by atoms with van der Waals surface area (Å²) in [5, 5.41) is 9.25. The first-order valence-electron chi connectivity index (χ1n) is 7.95. The molecule has 0 saturated heterocycles. The molecule has 19 heavy (non-hydrogen) atoms. The summed E-state index contributed by atoms with van der Waals surface area (Å²) in [4.78, 5) is 4.67. The Morgan fingerprint density at radius 3 is 2.68 bits per heavy atom. The van der Waals surface area contributed by atoms with E-state index >= 15 is 0 Å². The summed E-state index contributed by atoms with van der Waals surface area (Å²) < 4.78 is 0.917. The number of unbranched alkanes of at least 4 members (excludes halogenated alkanes) is 3. The van der Waals surface area contributed by atoms with Crippen LogP contribution in [0.15, 0.2) is 17.1 Å². The summed E-state index contributed by atoms with van der Waals surface area (Å²) in [5.74, 6) is 1.30. The molecule has 0 aliphatic carbocycles. The minimum absolute atomic E-state index is 0.264. The van der Waals surface area contributed by atoms with Crippen LogP contribution >= 0.6 is 0 Å². The number of hydrogen-bond donors (Lipinski definition) is 1. The molecule has 0 saturated carbocycles. The van der Waals surface area contributed by atoms with Gasteiger partial charge in [0, 0.05) is 6.42 Å². The number of nitrogens with zero attached hydrogens (tertiary/aromatic N) is 2. The number of aliphatic hydroxyl groups is 1. The van der Waals surface area contributed by atoms with Crippen molar-refractivity contribution in [1.82, 2.24) is 0 Å². The number of amidine groups is 1. The van der Waals surface area contributed by atoms with Gasteiger partial charge in [0.25, 0.3) is 0 Å². The number of allylic oxidation sites excluding steroid dienone is 2. The van der Waals surface area contributed by atoms with Gasteiger partial charge in [0.05, 0.1) is 19.7 Å². The summed E-state index contributed by atoms with van der Waals surface area (Å²) in [5.41, 5.74) is 0. The van der Waals surface area contributed by atoms with Crippen molar-refractivity contribution < 1.29 is 9.59 Å². The molecule has 1 rings (SSSR count).